The second-order valence-corrected chi connectivity index (χ2v) is 5.53. The molecule has 0 spiro atoms. The molecule has 0 saturated carbocycles. The van der Waals surface area contributed by atoms with Gasteiger partial charge in [0.1, 0.15) is 0 Å². The largest absolute Gasteiger partial charge is 0.397 e. The van der Waals surface area contributed by atoms with Crippen LogP contribution in [0.3, 0.4) is 0 Å². The van der Waals surface area contributed by atoms with Gasteiger partial charge in [0.15, 0.2) is 0 Å². The van der Waals surface area contributed by atoms with Crippen LogP contribution >= 0.6 is 0 Å². The Morgan fingerprint density at radius 2 is 1.95 bits per heavy atom. The number of benzene rings is 1. The molecule has 0 aliphatic rings. The predicted octanol–water partition coefficient (Wildman–Crippen LogP) is 2.84. The SMILES string of the molecule is CCC(C)CN(CC)C(=O)c1ccc(N(C)C)c(N)c1. The fourth-order valence-electron chi connectivity index (χ4n) is 2.14. The van der Waals surface area contributed by atoms with Crippen LogP contribution in [0.25, 0.3) is 0 Å². The van der Waals surface area contributed by atoms with E-state index in [1.807, 2.05) is 43.0 Å². The molecule has 1 rings (SSSR count). The number of nitrogens with zero attached hydrogens (tertiary/aromatic N) is 2. The highest BCUT2D eigenvalue weighted by Gasteiger charge is 2.17. The Kier molecular flexibility index (Phi) is 5.86. The number of carbonyl (C=O) groups is 1. The van der Waals surface area contributed by atoms with E-state index in [1.54, 1.807) is 6.07 Å². The third-order valence-corrected chi connectivity index (χ3v) is 3.65. The van der Waals surface area contributed by atoms with Crippen molar-refractivity contribution in [2.24, 2.45) is 5.92 Å². The highest BCUT2D eigenvalue weighted by molar-refractivity contribution is 5.96. The minimum absolute atomic E-state index is 0.0600. The number of rotatable bonds is 6. The summed E-state index contributed by atoms with van der Waals surface area (Å²) in [5, 5.41) is 0. The van der Waals surface area contributed by atoms with E-state index in [0.717, 1.165) is 25.2 Å². The van der Waals surface area contributed by atoms with Crippen molar-refractivity contribution in [2.75, 3.05) is 37.8 Å². The molecule has 0 bridgehead atoms. The van der Waals surface area contributed by atoms with E-state index < -0.39 is 0 Å². The van der Waals surface area contributed by atoms with Gasteiger partial charge in [-0.2, -0.15) is 0 Å². The monoisotopic (exact) mass is 277 g/mol. The lowest BCUT2D eigenvalue weighted by Gasteiger charge is -2.25. The smallest absolute Gasteiger partial charge is 0.253 e. The van der Waals surface area contributed by atoms with Gasteiger partial charge >= 0.3 is 0 Å². The summed E-state index contributed by atoms with van der Waals surface area (Å²) in [4.78, 5) is 16.3. The van der Waals surface area contributed by atoms with Crippen LogP contribution in [0.1, 0.15) is 37.6 Å². The van der Waals surface area contributed by atoms with Gasteiger partial charge in [-0.1, -0.05) is 20.3 Å². The average Bonchev–Trinajstić information content (AvgIpc) is 2.43. The molecule has 0 aliphatic heterocycles. The van der Waals surface area contributed by atoms with Crippen LogP contribution in [0.15, 0.2) is 18.2 Å². The van der Waals surface area contributed by atoms with Crippen LogP contribution in [0.5, 0.6) is 0 Å². The third-order valence-electron chi connectivity index (χ3n) is 3.65. The number of nitrogens with two attached hydrogens (primary N) is 1. The van der Waals surface area contributed by atoms with Crippen molar-refractivity contribution in [3.8, 4) is 0 Å². The van der Waals surface area contributed by atoms with Crippen molar-refractivity contribution >= 4 is 17.3 Å². The minimum Gasteiger partial charge on any atom is -0.397 e. The molecule has 1 aromatic carbocycles. The summed E-state index contributed by atoms with van der Waals surface area (Å²) in [7, 11) is 3.88. The molecule has 4 nitrogen and oxygen atoms in total. The zero-order valence-corrected chi connectivity index (χ0v) is 13.3. The second-order valence-electron chi connectivity index (χ2n) is 5.53. The maximum absolute atomic E-state index is 12.5. The summed E-state index contributed by atoms with van der Waals surface area (Å²) in [6, 6.07) is 5.53. The Bertz CT molecular complexity index is 457. The number of hydrogen-bond acceptors (Lipinski definition) is 3. The van der Waals surface area contributed by atoms with Crippen LogP contribution in [0.4, 0.5) is 11.4 Å². The lowest BCUT2D eigenvalue weighted by Crippen LogP contribution is -2.34. The first-order valence-electron chi connectivity index (χ1n) is 7.26. The minimum atomic E-state index is 0.0600. The molecule has 112 valence electrons. The van der Waals surface area contributed by atoms with Gasteiger partial charge in [-0.25, -0.2) is 0 Å². The first-order valence-corrected chi connectivity index (χ1v) is 7.26. The fourth-order valence-corrected chi connectivity index (χ4v) is 2.14. The summed E-state index contributed by atoms with van der Waals surface area (Å²) in [6.07, 6.45) is 1.07. The van der Waals surface area contributed by atoms with E-state index >= 15 is 0 Å². The molecular weight excluding hydrogens is 250 g/mol. The molecule has 1 atom stereocenters. The Labute approximate surface area is 122 Å². The Morgan fingerprint density at radius 1 is 1.30 bits per heavy atom. The normalized spacial score (nSPS) is 12.1. The van der Waals surface area contributed by atoms with Crippen LogP contribution in [-0.2, 0) is 0 Å². The van der Waals surface area contributed by atoms with Gasteiger partial charge in [0, 0.05) is 32.7 Å². The number of anilines is 2. The van der Waals surface area contributed by atoms with E-state index in [-0.39, 0.29) is 5.91 Å². The maximum Gasteiger partial charge on any atom is 0.253 e. The van der Waals surface area contributed by atoms with E-state index in [4.69, 9.17) is 5.73 Å². The Morgan fingerprint density at radius 3 is 2.40 bits per heavy atom. The fraction of sp³-hybridized carbons (Fsp3) is 0.562. The lowest BCUT2D eigenvalue weighted by molar-refractivity contribution is 0.0741. The molecule has 0 fully saturated rings. The highest BCUT2D eigenvalue weighted by Crippen LogP contribution is 2.23. The third kappa shape index (κ3) is 3.89. The van der Waals surface area contributed by atoms with Crippen molar-refractivity contribution in [1.82, 2.24) is 4.90 Å². The summed E-state index contributed by atoms with van der Waals surface area (Å²) in [5.74, 6) is 0.571. The van der Waals surface area contributed by atoms with Crippen molar-refractivity contribution in [1.29, 1.82) is 0 Å². The van der Waals surface area contributed by atoms with Gasteiger partial charge < -0.3 is 15.5 Å². The van der Waals surface area contributed by atoms with Gasteiger partial charge in [-0.15, -0.1) is 0 Å². The van der Waals surface area contributed by atoms with Gasteiger partial charge in [0.25, 0.3) is 5.91 Å². The quantitative estimate of drug-likeness (QED) is 0.813. The van der Waals surface area contributed by atoms with Gasteiger partial charge in [0.05, 0.1) is 11.4 Å². The number of nitrogen functional groups attached to an aromatic ring is 1. The zero-order chi connectivity index (χ0) is 15.3. The van der Waals surface area contributed by atoms with E-state index in [0.29, 0.717) is 17.2 Å². The summed E-state index contributed by atoms with van der Waals surface area (Å²) in [5.41, 5.74) is 8.26. The van der Waals surface area contributed by atoms with Crippen LogP contribution in [0.2, 0.25) is 0 Å². The highest BCUT2D eigenvalue weighted by atomic mass is 16.2. The molecule has 2 N–H and O–H groups in total. The van der Waals surface area contributed by atoms with Crippen molar-refractivity contribution in [2.45, 2.75) is 27.2 Å². The van der Waals surface area contributed by atoms with Gasteiger partial charge in [-0.3, -0.25) is 4.79 Å². The molecule has 1 aromatic rings. The van der Waals surface area contributed by atoms with Crippen molar-refractivity contribution < 1.29 is 4.79 Å². The Balaban J connectivity index is 2.93. The lowest BCUT2D eigenvalue weighted by atomic mass is 10.1. The van der Waals surface area contributed by atoms with E-state index in [9.17, 15) is 4.79 Å². The van der Waals surface area contributed by atoms with Crippen molar-refractivity contribution in [3.05, 3.63) is 23.8 Å². The number of carbonyl (C=O) groups excluding carboxylic acids is 1. The zero-order valence-electron chi connectivity index (χ0n) is 13.3. The van der Waals surface area contributed by atoms with Gasteiger partial charge in [0.2, 0.25) is 0 Å². The first kappa shape index (κ1) is 16.3. The molecule has 0 aromatic heterocycles. The topological polar surface area (TPSA) is 49.6 Å². The van der Waals surface area contributed by atoms with Gasteiger partial charge in [-0.05, 0) is 31.0 Å². The summed E-state index contributed by atoms with van der Waals surface area (Å²) >= 11 is 0. The van der Waals surface area contributed by atoms with Crippen molar-refractivity contribution in [3.63, 3.8) is 0 Å². The number of hydrogen-bond donors (Lipinski definition) is 1. The average molecular weight is 277 g/mol. The summed E-state index contributed by atoms with van der Waals surface area (Å²) < 4.78 is 0. The molecule has 1 amide bonds. The number of amides is 1. The van der Waals surface area contributed by atoms with E-state index in [2.05, 4.69) is 13.8 Å². The van der Waals surface area contributed by atoms with Crippen LogP contribution < -0.4 is 10.6 Å². The molecule has 0 radical (unpaired) electrons. The molecule has 4 heteroatoms. The molecule has 20 heavy (non-hydrogen) atoms. The molecular formula is C16H27N3O. The molecule has 0 saturated heterocycles. The molecule has 1 unspecified atom stereocenters. The van der Waals surface area contributed by atoms with E-state index in [1.165, 1.54) is 0 Å². The summed E-state index contributed by atoms with van der Waals surface area (Å²) in [6.45, 7) is 7.84. The van der Waals surface area contributed by atoms with Crippen LogP contribution in [-0.4, -0.2) is 38.0 Å². The first-order chi connectivity index (χ1) is 9.40. The molecule has 0 heterocycles. The second kappa shape index (κ2) is 7.17. The predicted molar refractivity (Wildman–Crippen MR) is 86.2 cm³/mol. The Hall–Kier alpha value is -1.71. The van der Waals surface area contributed by atoms with Crippen LogP contribution in [0, 0.1) is 5.92 Å². The maximum atomic E-state index is 12.5. The molecule has 0 aliphatic carbocycles. The standard InChI is InChI=1S/C16H27N3O/c1-6-12(3)11-19(7-2)16(20)13-8-9-15(18(4)5)14(17)10-13/h8-10,12H,6-7,11,17H2,1-5H3.